The van der Waals surface area contributed by atoms with Gasteiger partial charge < -0.3 is 15.3 Å². The number of hydrogen-bond donors (Lipinski definition) is 3. The summed E-state index contributed by atoms with van der Waals surface area (Å²) in [5.74, 6) is 2.39. The zero-order valence-electron chi connectivity index (χ0n) is 23.1. The highest BCUT2D eigenvalue weighted by atomic mass is 16.2. The van der Waals surface area contributed by atoms with Crippen LogP contribution in [0.25, 0.3) is 0 Å². The number of allylic oxidation sites excluding steroid dienone is 1. The highest BCUT2D eigenvalue weighted by Gasteiger charge is 2.57. The summed E-state index contributed by atoms with van der Waals surface area (Å²) in [5, 5.41) is 12.7. The third-order valence-electron chi connectivity index (χ3n) is 9.90. The van der Waals surface area contributed by atoms with Gasteiger partial charge in [0.05, 0.1) is 24.3 Å². The van der Waals surface area contributed by atoms with E-state index in [0.717, 1.165) is 17.8 Å². The van der Waals surface area contributed by atoms with Gasteiger partial charge in [0, 0.05) is 54.8 Å². The molecule has 3 saturated carbocycles. The van der Waals surface area contributed by atoms with Gasteiger partial charge in [0.25, 0.3) is 5.91 Å². The standard InChI is InChI=1S/C31H35N7O2/c1-19-22(8-23-9-26(19)30(23,2)3)16-38-28(10-27(39)21-6-4-20(13-32)5-7-21)37-31(29(38)40,11-24-14-33-17-35-24)12-25-15-34-18-36-25/h4-7,10,14-15,17-19,22-23,26,37H,8-9,11-12,16H2,1-3H3,(H,33,35)(H,34,36). The Morgan fingerprint density at radius 2 is 1.75 bits per heavy atom. The number of carbonyl (C=O) groups is 2. The van der Waals surface area contributed by atoms with Crippen LogP contribution < -0.4 is 5.32 Å². The summed E-state index contributed by atoms with van der Waals surface area (Å²) in [6.07, 6.45) is 11.3. The molecule has 0 spiro atoms. The van der Waals surface area contributed by atoms with E-state index in [4.69, 9.17) is 5.26 Å². The van der Waals surface area contributed by atoms with Crippen molar-refractivity contribution in [1.29, 1.82) is 5.26 Å². The zero-order chi connectivity index (χ0) is 28.1. The van der Waals surface area contributed by atoms with Gasteiger partial charge in [-0.1, -0.05) is 20.8 Å². The van der Waals surface area contributed by atoms with Crippen molar-refractivity contribution in [2.45, 2.75) is 52.0 Å². The molecular formula is C31H35N7O2. The van der Waals surface area contributed by atoms with Crippen molar-refractivity contribution in [3.8, 4) is 6.07 Å². The topological polar surface area (TPSA) is 131 Å². The van der Waals surface area contributed by atoms with E-state index in [1.54, 1.807) is 55.4 Å². The lowest BCUT2D eigenvalue weighted by molar-refractivity contribution is -0.142. The van der Waals surface area contributed by atoms with Crippen molar-refractivity contribution in [2.24, 2.45) is 29.1 Å². The normalized spacial score (nSPS) is 27.2. The number of ketones is 1. The number of rotatable bonds is 8. The maximum absolute atomic E-state index is 14.5. The quantitative estimate of drug-likeness (QED) is 0.294. The number of H-pyrrole nitrogens is 2. The third-order valence-corrected chi connectivity index (χ3v) is 9.90. The summed E-state index contributed by atoms with van der Waals surface area (Å²) < 4.78 is 0. The molecule has 3 N–H and O–H groups in total. The van der Waals surface area contributed by atoms with E-state index < -0.39 is 5.54 Å². The molecule has 3 heterocycles. The molecular weight excluding hydrogens is 502 g/mol. The number of carbonyl (C=O) groups excluding carboxylic acids is 2. The summed E-state index contributed by atoms with van der Waals surface area (Å²) in [4.78, 5) is 44.4. The molecule has 3 aliphatic carbocycles. The first kappa shape index (κ1) is 26.1. The van der Waals surface area contributed by atoms with E-state index in [1.807, 2.05) is 4.90 Å². The second kappa shape index (κ2) is 9.77. The van der Waals surface area contributed by atoms with Crippen LogP contribution in [0, 0.1) is 40.4 Å². The second-order valence-electron chi connectivity index (χ2n) is 12.4. The molecule has 2 bridgehead atoms. The number of fused-ring (bicyclic) bond motifs is 2. The third kappa shape index (κ3) is 4.41. The maximum atomic E-state index is 14.5. The summed E-state index contributed by atoms with van der Waals surface area (Å²) in [6, 6.07) is 8.66. The summed E-state index contributed by atoms with van der Waals surface area (Å²) in [7, 11) is 0. The van der Waals surface area contributed by atoms with Crippen molar-refractivity contribution in [1.82, 2.24) is 30.2 Å². The Labute approximate surface area is 234 Å². The fraction of sp³-hybridized carbons (Fsp3) is 0.452. The minimum atomic E-state index is -1.02. The van der Waals surface area contributed by atoms with Gasteiger partial charge in [-0.25, -0.2) is 9.97 Å². The van der Waals surface area contributed by atoms with E-state index in [1.165, 1.54) is 6.42 Å². The van der Waals surface area contributed by atoms with Gasteiger partial charge in [-0.05, 0) is 66.2 Å². The predicted molar refractivity (Wildman–Crippen MR) is 148 cm³/mol. The molecule has 4 aliphatic rings. The SMILES string of the molecule is CC1C(CN2C(=O)C(Cc3cnc[nH]3)(Cc3cnc[nH]3)NC2=CC(=O)c2ccc(C#N)cc2)CC2CC1C2(C)C. The van der Waals surface area contributed by atoms with Crippen LogP contribution in [0.2, 0.25) is 0 Å². The van der Waals surface area contributed by atoms with Crippen molar-refractivity contribution < 1.29 is 9.59 Å². The molecule has 2 aromatic heterocycles. The molecule has 9 heteroatoms. The smallest absolute Gasteiger partial charge is 0.254 e. The molecule has 7 rings (SSSR count). The van der Waals surface area contributed by atoms with E-state index in [9.17, 15) is 9.59 Å². The van der Waals surface area contributed by atoms with Crippen molar-refractivity contribution in [2.75, 3.05) is 6.54 Å². The van der Waals surface area contributed by atoms with E-state index in [-0.39, 0.29) is 11.7 Å². The molecule has 3 aromatic rings. The largest absolute Gasteiger partial charge is 0.356 e. The van der Waals surface area contributed by atoms with Crippen LogP contribution in [0.15, 0.2) is 61.2 Å². The Morgan fingerprint density at radius 1 is 1.10 bits per heavy atom. The molecule has 4 unspecified atom stereocenters. The molecule has 40 heavy (non-hydrogen) atoms. The fourth-order valence-electron chi connectivity index (χ4n) is 7.39. The van der Waals surface area contributed by atoms with E-state index in [2.05, 4.69) is 52.1 Å². The maximum Gasteiger partial charge on any atom is 0.254 e. The van der Waals surface area contributed by atoms with Gasteiger partial charge in [0.2, 0.25) is 0 Å². The Balaban J connectivity index is 1.36. The van der Waals surface area contributed by atoms with Crippen LogP contribution >= 0.6 is 0 Å². The molecule has 9 nitrogen and oxygen atoms in total. The minimum absolute atomic E-state index is 0.0544. The highest BCUT2D eigenvalue weighted by molar-refractivity contribution is 6.06. The van der Waals surface area contributed by atoms with Gasteiger partial charge >= 0.3 is 0 Å². The number of nitriles is 1. The zero-order valence-corrected chi connectivity index (χ0v) is 23.1. The Bertz CT molecular complexity index is 1430. The van der Waals surface area contributed by atoms with Crippen LogP contribution in [0.4, 0.5) is 0 Å². The summed E-state index contributed by atoms with van der Waals surface area (Å²) >= 11 is 0. The number of nitrogens with one attached hydrogen (secondary N) is 3. The summed E-state index contributed by atoms with van der Waals surface area (Å²) in [6.45, 7) is 7.65. The number of aromatic nitrogens is 4. The van der Waals surface area contributed by atoms with Crippen LogP contribution in [0.1, 0.15) is 60.9 Å². The molecule has 1 amide bonds. The van der Waals surface area contributed by atoms with Crippen molar-refractivity contribution >= 4 is 11.7 Å². The van der Waals surface area contributed by atoms with Crippen LogP contribution in [0.3, 0.4) is 0 Å². The number of imidazole rings is 2. The van der Waals surface area contributed by atoms with Crippen LogP contribution in [-0.4, -0.2) is 48.6 Å². The van der Waals surface area contributed by atoms with Crippen molar-refractivity contribution in [3.63, 3.8) is 0 Å². The highest BCUT2D eigenvalue weighted by Crippen LogP contribution is 2.63. The number of aromatic amines is 2. The van der Waals surface area contributed by atoms with Crippen molar-refractivity contribution in [3.05, 3.63) is 83.7 Å². The number of benzene rings is 1. The average Bonchev–Trinajstić information content (AvgIpc) is 3.69. The number of nitrogens with zero attached hydrogens (tertiary/aromatic N) is 4. The molecule has 0 radical (unpaired) electrons. The first-order valence-electron chi connectivity index (χ1n) is 14.0. The Kier molecular flexibility index (Phi) is 6.37. The van der Waals surface area contributed by atoms with Gasteiger partial charge in [-0.3, -0.25) is 14.5 Å². The van der Waals surface area contributed by atoms with Gasteiger partial charge in [-0.2, -0.15) is 5.26 Å². The Hall–Kier alpha value is -4.19. The fourth-order valence-corrected chi connectivity index (χ4v) is 7.39. The molecule has 4 fully saturated rings. The molecule has 1 saturated heterocycles. The molecule has 4 atom stereocenters. The predicted octanol–water partition coefficient (Wildman–Crippen LogP) is 4.00. The van der Waals surface area contributed by atoms with E-state index >= 15 is 0 Å². The molecule has 206 valence electrons. The van der Waals surface area contributed by atoms with Gasteiger partial charge in [0.1, 0.15) is 11.4 Å². The molecule has 1 aromatic carbocycles. The Morgan fingerprint density at radius 3 is 2.27 bits per heavy atom. The minimum Gasteiger partial charge on any atom is -0.356 e. The lowest BCUT2D eigenvalue weighted by Gasteiger charge is -2.62. The number of amides is 1. The monoisotopic (exact) mass is 537 g/mol. The first-order valence-corrected chi connectivity index (χ1v) is 14.0. The lowest BCUT2D eigenvalue weighted by atomic mass is 9.43. The second-order valence-corrected chi connectivity index (χ2v) is 12.4. The number of hydrogen-bond acceptors (Lipinski definition) is 6. The average molecular weight is 538 g/mol. The first-order chi connectivity index (χ1) is 19.2. The van der Waals surface area contributed by atoms with Gasteiger partial charge in [0.15, 0.2) is 5.78 Å². The van der Waals surface area contributed by atoms with Gasteiger partial charge in [-0.15, -0.1) is 0 Å². The van der Waals surface area contributed by atoms with Crippen LogP contribution in [-0.2, 0) is 17.6 Å². The van der Waals surface area contributed by atoms with E-state index in [0.29, 0.717) is 65.4 Å². The summed E-state index contributed by atoms with van der Waals surface area (Å²) in [5.41, 5.74) is 1.94. The molecule has 1 aliphatic heterocycles. The van der Waals surface area contributed by atoms with Crippen LogP contribution in [0.5, 0.6) is 0 Å². The lowest BCUT2D eigenvalue weighted by Crippen LogP contribution is -2.57.